The average molecular weight is 380 g/mol. The second-order valence-corrected chi connectivity index (χ2v) is 8.15. The summed E-state index contributed by atoms with van der Waals surface area (Å²) in [6, 6.07) is 4.23. The first-order valence-electron chi connectivity index (χ1n) is 9.13. The largest absolute Gasteiger partial charge is 0.317 e. The van der Waals surface area contributed by atoms with Crippen LogP contribution in [-0.2, 0) is 7.05 Å². The summed E-state index contributed by atoms with van der Waals surface area (Å²) in [5.41, 5.74) is 3.47. The van der Waals surface area contributed by atoms with E-state index in [4.69, 9.17) is 4.98 Å². The van der Waals surface area contributed by atoms with E-state index in [9.17, 15) is 4.79 Å². The van der Waals surface area contributed by atoms with E-state index < -0.39 is 0 Å². The van der Waals surface area contributed by atoms with Gasteiger partial charge in [-0.2, -0.15) is 5.10 Å². The fourth-order valence-corrected chi connectivity index (χ4v) is 4.84. The van der Waals surface area contributed by atoms with Crippen molar-refractivity contribution < 1.29 is 0 Å². The summed E-state index contributed by atoms with van der Waals surface area (Å²) >= 11 is 1.48. The van der Waals surface area contributed by atoms with Crippen molar-refractivity contribution in [1.29, 1.82) is 0 Å². The number of hydrogen-bond donors (Lipinski definition) is 1. The summed E-state index contributed by atoms with van der Waals surface area (Å²) in [6.45, 7) is 3.85. The lowest BCUT2D eigenvalue weighted by Gasteiger charge is -2.24. The first kappa shape index (κ1) is 16.6. The fraction of sp³-hybridized carbons (Fsp3) is 0.368. The van der Waals surface area contributed by atoms with Gasteiger partial charge in [-0.25, -0.2) is 9.97 Å². The molecule has 0 atom stereocenters. The zero-order valence-electron chi connectivity index (χ0n) is 15.3. The molecule has 0 amide bonds. The third kappa shape index (κ3) is 2.76. The molecule has 5 heterocycles. The minimum atomic E-state index is 0.0577. The van der Waals surface area contributed by atoms with Gasteiger partial charge in [-0.3, -0.25) is 14.0 Å². The molecule has 1 fully saturated rings. The van der Waals surface area contributed by atoms with Gasteiger partial charge in [0.2, 0.25) is 0 Å². The molecule has 1 aliphatic rings. The van der Waals surface area contributed by atoms with Crippen LogP contribution < -0.4 is 10.9 Å². The van der Waals surface area contributed by atoms with Crippen molar-refractivity contribution in [2.24, 2.45) is 7.05 Å². The molecule has 0 radical (unpaired) electrons. The molecular formula is C19H20N6OS. The number of fused-ring (bicyclic) bond motifs is 2. The molecule has 4 aromatic rings. The van der Waals surface area contributed by atoms with E-state index in [1.165, 1.54) is 11.3 Å². The Labute approximate surface area is 159 Å². The highest BCUT2D eigenvalue weighted by atomic mass is 32.1. The predicted molar refractivity (Wildman–Crippen MR) is 107 cm³/mol. The number of aromatic nitrogens is 5. The summed E-state index contributed by atoms with van der Waals surface area (Å²) in [5.74, 6) is 0. The Morgan fingerprint density at radius 1 is 1.26 bits per heavy atom. The van der Waals surface area contributed by atoms with Crippen molar-refractivity contribution in [2.75, 3.05) is 13.1 Å². The summed E-state index contributed by atoms with van der Waals surface area (Å²) in [6.07, 6.45) is 5.62. The van der Waals surface area contributed by atoms with Crippen LogP contribution in [0.15, 0.2) is 29.5 Å². The number of pyridine rings is 1. The van der Waals surface area contributed by atoms with Crippen LogP contribution in [0.2, 0.25) is 0 Å². The molecule has 138 valence electrons. The lowest BCUT2D eigenvalue weighted by molar-refractivity contribution is 0.359. The predicted octanol–water partition coefficient (Wildman–Crippen LogP) is 2.64. The molecule has 8 heteroatoms. The van der Waals surface area contributed by atoms with E-state index in [1.807, 2.05) is 36.9 Å². The van der Waals surface area contributed by atoms with Gasteiger partial charge in [-0.1, -0.05) is 0 Å². The van der Waals surface area contributed by atoms with E-state index in [-0.39, 0.29) is 11.6 Å². The van der Waals surface area contributed by atoms with Crippen LogP contribution >= 0.6 is 11.3 Å². The molecule has 1 N–H and O–H groups in total. The second-order valence-electron chi connectivity index (χ2n) is 7.10. The van der Waals surface area contributed by atoms with Gasteiger partial charge in [-0.15, -0.1) is 11.3 Å². The normalized spacial score (nSPS) is 15.8. The highest BCUT2D eigenvalue weighted by Crippen LogP contribution is 2.32. The number of nitrogens with one attached hydrogen (secondary N) is 1. The highest BCUT2D eigenvalue weighted by Gasteiger charge is 2.19. The van der Waals surface area contributed by atoms with E-state index in [0.717, 1.165) is 58.6 Å². The van der Waals surface area contributed by atoms with Crippen molar-refractivity contribution in [1.82, 2.24) is 29.6 Å². The number of thiophene rings is 1. The van der Waals surface area contributed by atoms with E-state index >= 15 is 0 Å². The molecule has 1 saturated heterocycles. The molecule has 0 aliphatic carbocycles. The van der Waals surface area contributed by atoms with Gasteiger partial charge in [-0.05, 0) is 45.0 Å². The molecular weight excluding hydrogens is 360 g/mol. The lowest BCUT2D eigenvalue weighted by Crippen LogP contribution is -2.34. The van der Waals surface area contributed by atoms with Gasteiger partial charge in [0, 0.05) is 24.7 Å². The zero-order valence-corrected chi connectivity index (χ0v) is 16.1. The number of piperidine rings is 1. The van der Waals surface area contributed by atoms with Crippen molar-refractivity contribution in [3.05, 3.63) is 40.7 Å². The fourth-order valence-electron chi connectivity index (χ4n) is 3.83. The van der Waals surface area contributed by atoms with Gasteiger partial charge in [0.25, 0.3) is 5.56 Å². The van der Waals surface area contributed by atoms with Crippen molar-refractivity contribution >= 4 is 32.5 Å². The lowest BCUT2D eigenvalue weighted by atomic mass is 10.1. The molecule has 1 aliphatic heterocycles. The number of hydrogen-bond acceptors (Lipinski definition) is 6. The summed E-state index contributed by atoms with van der Waals surface area (Å²) < 4.78 is 4.32. The van der Waals surface area contributed by atoms with Crippen molar-refractivity contribution in [3.8, 4) is 10.6 Å². The van der Waals surface area contributed by atoms with Gasteiger partial charge in [0.05, 0.1) is 28.1 Å². The van der Waals surface area contributed by atoms with Gasteiger partial charge in [0.1, 0.15) is 10.2 Å². The summed E-state index contributed by atoms with van der Waals surface area (Å²) in [4.78, 5) is 23.3. The second kappa shape index (κ2) is 6.24. The molecule has 0 aromatic carbocycles. The third-order valence-electron chi connectivity index (χ3n) is 5.20. The van der Waals surface area contributed by atoms with Crippen LogP contribution in [0.5, 0.6) is 0 Å². The standard InChI is InChI=1S/C19H20N6OS/c1-11-17-12(9-24(2)23-17)7-14(22-11)16-8-15-18(27-16)19(26)25(10-21-15)13-3-5-20-6-4-13/h7-10,13,20H,3-6H2,1-2H3. The van der Waals surface area contributed by atoms with Crippen LogP contribution in [0.1, 0.15) is 24.6 Å². The molecule has 4 aromatic heterocycles. The molecule has 7 nitrogen and oxygen atoms in total. The smallest absolute Gasteiger partial charge is 0.271 e. The molecule has 0 spiro atoms. The molecule has 0 unspecified atom stereocenters. The highest BCUT2D eigenvalue weighted by molar-refractivity contribution is 7.22. The Balaban J connectivity index is 1.62. The SMILES string of the molecule is Cc1nc(-c2cc3ncn(C4CCNCC4)c(=O)c3s2)cc2cn(C)nc12. The Hall–Kier alpha value is -2.58. The number of nitrogens with zero attached hydrogens (tertiary/aromatic N) is 5. The minimum absolute atomic E-state index is 0.0577. The third-order valence-corrected chi connectivity index (χ3v) is 6.33. The molecule has 5 rings (SSSR count). The maximum absolute atomic E-state index is 13.0. The van der Waals surface area contributed by atoms with E-state index in [1.54, 1.807) is 11.0 Å². The van der Waals surface area contributed by atoms with Crippen LogP contribution in [0, 0.1) is 6.92 Å². The Bertz CT molecular complexity index is 1210. The topological polar surface area (TPSA) is 77.6 Å². The van der Waals surface area contributed by atoms with Crippen LogP contribution in [-0.4, -0.2) is 37.4 Å². The minimum Gasteiger partial charge on any atom is -0.317 e. The van der Waals surface area contributed by atoms with Gasteiger partial charge < -0.3 is 5.32 Å². The maximum atomic E-state index is 13.0. The molecule has 27 heavy (non-hydrogen) atoms. The van der Waals surface area contributed by atoms with Crippen LogP contribution in [0.4, 0.5) is 0 Å². The van der Waals surface area contributed by atoms with Gasteiger partial charge >= 0.3 is 0 Å². The quantitative estimate of drug-likeness (QED) is 0.578. The molecule has 0 bridgehead atoms. The zero-order chi connectivity index (χ0) is 18.5. The van der Waals surface area contributed by atoms with Gasteiger partial charge in [0.15, 0.2) is 0 Å². The summed E-state index contributed by atoms with van der Waals surface area (Å²) in [7, 11) is 1.91. The van der Waals surface area contributed by atoms with Crippen molar-refractivity contribution in [3.63, 3.8) is 0 Å². The monoisotopic (exact) mass is 380 g/mol. The van der Waals surface area contributed by atoms with Crippen LogP contribution in [0.3, 0.4) is 0 Å². The number of aryl methyl sites for hydroxylation is 2. The maximum Gasteiger partial charge on any atom is 0.271 e. The Morgan fingerprint density at radius 2 is 2.07 bits per heavy atom. The van der Waals surface area contributed by atoms with Crippen molar-refractivity contribution in [2.45, 2.75) is 25.8 Å². The van der Waals surface area contributed by atoms with E-state index in [2.05, 4.69) is 15.4 Å². The summed E-state index contributed by atoms with van der Waals surface area (Å²) in [5, 5.41) is 8.85. The van der Waals surface area contributed by atoms with Crippen LogP contribution in [0.25, 0.3) is 31.7 Å². The first-order chi connectivity index (χ1) is 13.1. The average Bonchev–Trinajstić information content (AvgIpc) is 3.26. The Morgan fingerprint density at radius 3 is 2.89 bits per heavy atom. The molecule has 0 saturated carbocycles. The van der Waals surface area contributed by atoms with E-state index in [0.29, 0.717) is 4.70 Å². The Kier molecular flexibility index (Phi) is 3.84. The first-order valence-corrected chi connectivity index (χ1v) is 9.94. The number of rotatable bonds is 2.